The molecule has 0 spiro atoms. The largest absolute Gasteiger partial charge is 0.308 e. The summed E-state index contributed by atoms with van der Waals surface area (Å²) in [6.07, 6.45) is 3.00. The fourth-order valence-electron chi connectivity index (χ4n) is 1.62. The molecule has 1 aromatic carbocycles. The van der Waals surface area contributed by atoms with Crippen molar-refractivity contribution in [1.29, 1.82) is 0 Å². The summed E-state index contributed by atoms with van der Waals surface area (Å²) in [4.78, 5) is 3.89. The van der Waals surface area contributed by atoms with Gasteiger partial charge in [0.2, 0.25) is 0 Å². The van der Waals surface area contributed by atoms with E-state index in [1.807, 2.05) is 26.8 Å². The van der Waals surface area contributed by atoms with Crippen LogP contribution in [0.1, 0.15) is 26.3 Å². The zero-order chi connectivity index (χ0) is 13.2. The second-order valence-electron chi connectivity index (χ2n) is 5.18. The summed E-state index contributed by atoms with van der Waals surface area (Å²) >= 11 is 0. The van der Waals surface area contributed by atoms with Gasteiger partial charge in [0.25, 0.3) is 0 Å². The van der Waals surface area contributed by atoms with Gasteiger partial charge in [0, 0.05) is 17.6 Å². The van der Waals surface area contributed by atoms with Crippen LogP contribution in [0.5, 0.6) is 0 Å². The molecule has 4 nitrogen and oxygen atoms in total. The molecule has 0 bridgehead atoms. The molecule has 2 rings (SSSR count). The van der Waals surface area contributed by atoms with E-state index in [9.17, 15) is 4.39 Å². The molecular formula is C13H17FN4. The van der Waals surface area contributed by atoms with Crippen molar-refractivity contribution in [2.45, 2.75) is 32.9 Å². The zero-order valence-electron chi connectivity index (χ0n) is 10.8. The molecule has 2 aromatic rings. The van der Waals surface area contributed by atoms with Crippen LogP contribution in [0, 0.1) is 5.82 Å². The number of nitrogens with zero attached hydrogens (tertiary/aromatic N) is 3. The summed E-state index contributed by atoms with van der Waals surface area (Å²) in [5, 5.41) is 7.32. The van der Waals surface area contributed by atoms with E-state index in [2.05, 4.69) is 15.4 Å². The van der Waals surface area contributed by atoms with Crippen LogP contribution in [-0.2, 0) is 6.54 Å². The van der Waals surface area contributed by atoms with Gasteiger partial charge in [0.05, 0.1) is 5.69 Å². The van der Waals surface area contributed by atoms with Crippen LogP contribution < -0.4 is 5.32 Å². The monoisotopic (exact) mass is 248 g/mol. The highest BCUT2D eigenvalue weighted by Crippen LogP contribution is 2.17. The Balaban J connectivity index is 2.33. The molecular weight excluding hydrogens is 231 g/mol. The molecule has 1 heterocycles. The number of rotatable bonds is 3. The fourth-order valence-corrected chi connectivity index (χ4v) is 1.62. The van der Waals surface area contributed by atoms with Crippen LogP contribution in [-0.4, -0.2) is 20.3 Å². The van der Waals surface area contributed by atoms with E-state index in [1.54, 1.807) is 17.1 Å². The fraction of sp³-hybridized carbons (Fsp3) is 0.385. The van der Waals surface area contributed by atoms with E-state index in [4.69, 9.17) is 0 Å². The van der Waals surface area contributed by atoms with Crippen LogP contribution in [0.2, 0.25) is 0 Å². The summed E-state index contributed by atoms with van der Waals surface area (Å²) in [6.45, 7) is 6.58. The van der Waals surface area contributed by atoms with Crippen molar-refractivity contribution in [3.63, 3.8) is 0 Å². The minimum atomic E-state index is -0.236. The topological polar surface area (TPSA) is 42.7 Å². The van der Waals surface area contributed by atoms with E-state index >= 15 is 0 Å². The SMILES string of the molecule is CC(C)(C)NCc1c(F)cccc1-n1cncn1. The second kappa shape index (κ2) is 4.86. The summed E-state index contributed by atoms with van der Waals surface area (Å²) in [7, 11) is 0. The summed E-state index contributed by atoms with van der Waals surface area (Å²) in [5.74, 6) is -0.236. The van der Waals surface area contributed by atoms with Gasteiger partial charge < -0.3 is 5.32 Å². The zero-order valence-corrected chi connectivity index (χ0v) is 10.8. The van der Waals surface area contributed by atoms with Crippen molar-refractivity contribution in [3.05, 3.63) is 42.2 Å². The molecule has 0 saturated heterocycles. The number of nitrogens with one attached hydrogen (secondary N) is 1. The molecule has 0 aliphatic rings. The lowest BCUT2D eigenvalue weighted by molar-refractivity contribution is 0.418. The molecule has 0 radical (unpaired) electrons. The van der Waals surface area contributed by atoms with E-state index in [0.29, 0.717) is 17.8 Å². The molecule has 1 N–H and O–H groups in total. The maximum atomic E-state index is 13.9. The predicted molar refractivity (Wildman–Crippen MR) is 67.9 cm³/mol. The van der Waals surface area contributed by atoms with Crippen molar-refractivity contribution in [1.82, 2.24) is 20.1 Å². The van der Waals surface area contributed by atoms with Crippen molar-refractivity contribution < 1.29 is 4.39 Å². The van der Waals surface area contributed by atoms with Crippen molar-refractivity contribution in [3.8, 4) is 5.69 Å². The Morgan fingerprint density at radius 1 is 1.33 bits per heavy atom. The first-order valence-corrected chi connectivity index (χ1v) is 5.85. The molecule has 0 amide bonds. The summed E-state index contributed by atoms with van der Waals surface area (Å²) in [6, 6.07) is 4.96. The minimum Gasteiger partial charge on any atom is -0.308 e. The Labute approximate surface area is 106 Å². The molecule has 0 aliphatic heterocycles. The minimum absolute atomic E-state index is 0.0675. The third-order valence-corrected chi connectivity index (χ3v) is 2.56. The molecule has 0 aliphatic carbocycles. The second-order valence-corrected chi connectivity index (χ2v) is 5.18. The van der Waals surface area contributed by atoms with Gasteiger partial charge in [-0.05, 0) is 32.9 Å². The van der Waals surface area contributed by atoms with Gasteiger partial charge in [-0.15, -0.1) is 0 Å². The normalized spacial score (nSPS) is 11.8. The highest BCUT2D eigenvalue weighted by Gasteiger charge is 2.14. The Bertz CT molecular complexity index is 514. The first-order valence-electron chi connectivity index (χ1n) is 5.85. The van der Waals surface area contributed by atoms with Gasteiger partial charge in [0.1, 0.15) is 18.5 Å². The summed E-state index contributed by atoms with van der Waals surface area (Å²) < 4.78 is 15.5. The highest BCUT2D eigenvalue weighted by molar-refractivity contribution is 5.40. The van der Waals surface area contributed by atoms with Crippen LogP contribution in [0.15, 0.2) is 30.9 Å². The van der Waals surface area contributed by atoms with E-state index in [-0.39, 0.29) is 11.4 Å². The molecule has 1 aromatic heterocycles. The predicted octanol–water partition coefficient (Wildman–Crippen LogP) is 2.29. The lowest BCUT2D eigenvalue weighted by atomic mass is 10.1. The Morgan fingerprint density at radius 3 is 2.72 bits per heavy atom. The van der Waals surface area contributed by atoms with Crippen LogP contribution in [0.4, 0.5) is 4.39 Å². The maximum absolute atomic E-state index is 13.9. The lowest BCUT2D eigenvalue weighted by Crippen LogP contribution is -2.35. The van der Waals surface area contributed by atoms with Crippen LogP contribution in [0.25, 0.3) is 5.69 Å². The third kappa shape index (κ3) is 2.92. The van der Waals surface area contributed by atoms with Gasteiger partial charge in [-0.2, -0.15) is 5.10 Å². The molecule has 0 saturated carbocycles. The Morgan fingerprint density at radius 2 is 2.11 bits per heavy atom. The number of aromatic nitrogens is 3. The first-order chi connectivity index (χ1) is 8.47. The number of hydrogen-bond acceptors (Lipinski definition) is 3. The molecule has 18 heavy (non-hydrogen) atoms. The van der Waals surface area contributed by atoms with Crippen LogP contribution >= 0.6 is 0 Å². The van der Waals surface area contributed by atoms with Gasteiger partial charge in [-0.25, -0.2) is 14.1 Å². The smallest absolute Gasteiger partial charge is 0.138 e. The van der Waals surface area contributed by atoms with Gasteiger partial charge >= 0.3 is 0 Å². The Hall–Kier alpha value is -1.75. The number of hydrogen-bond donors (Lipinski definition) is 1. The molecule has 5 heteroatoms. The average molecular weight is 248 g/mol. The van der Waals surface area contributed by atoms with E-state index < -0.39 is 0 Å². The van der Waals surface area contributed by atoms with Crippen molar-refractivity contribution in [2.24, 2.45) is 0 Å². The first kappa shape index (κ1) is 12.7. The highest BCUT2D eigenvalue weighted by atomic mass is 19.1. The van der Waals surface area contributed by atoms with Crippen LogP contribution in [0.3, 0.4) is 0 Å². The average Bonchev–Trinajstić information content (AvgIpc) is 2.79. The van der Waals surface area contributed by atoms with Crippen molar-refractivity contribution in [2.75, 3.05) is 0 Å². The standard InChI is InChI=1S/C13H17FN4/c1-13(2,3)16-7-10-11(14)5-4-6-12(10)18-9-15-8-17-18/h4-6,8-9,16H,7H2,1-3H3. The van der Waals surface area contributed by atoms with E-state index in [0.717, 1.165) is 0 Å². The van der Waals surface area contributed by atoms with E-state index in [1.165, 1.54) is 12.4 Å². The molecule has 0 unspecified atom stereocenters. The van der Waals surface area contributed by atoms with Gasteiger partial charge in [0.15, 0.2) is 0 Å². The lowest BCUT2D eigenvalue weighted by Gasteiger charge is -2.21. The summed E-state index contributed by atoms with van der Waals surface area (Å²) in [5.41, 5.74) is 1.24. The third-order valence-electron chi connectivity index (χ3n) is 2.56. The number of benzene rings is 1. The van der Waals surface area contributed by atoms with Gasteiger partial charge in [-0.1, -0.05) is 6.07 Å². The van der Waals surface area contributed by atoms with Crippen molar-refractivity contribution >= 4 is 0 Å². The van der Waals surface area contributed by atoms with Gasteiger partial charge in [-0.3, -0.25) is 0 Å². The molecule has 0 atom stereocenters. The Kier molecular flexibility index (Phi) is 3.43. The number of halogens is 1. The molecule has 96 valence electrons. The quantitative estimate of drug-likeness (QED) is 0.906. The maximum Gasteiger partial charge on any atom is 0.138 e. The molecule has 0 fully saturated rings.